The van der Waals surface area contributed by atoms with Crippen molar-refractivity contribution in [3.63, 3.8) is 0 Å². The van der Waals surface area contributed by atoms with Gasteiger partial charge >= 0.3 is 0 Å². The monoisotopic (exact) mass is 276 g/mol. The minimum Gasteiger partial charge on any atom is -0.390 e. The molecule has 0 aliphatic heterocycles. The largest absolute Gasteiger partial charge is 0.390 e. The van der Waals surface area contributed by atoms with Crippen molar-refractivity contribution in [1.29, 1.82) is 0 Å². The predicted molar refractivity (Wildman–Crippen MR) is 65.1 cm³/mol. The molecule has 1 aromatic carbocycles. The number of benzene rings is 1. The van der Waals surface area contributed by atoms with Gasteiger partial charge in [0.05, 0.1) is 11.7 Å². The Hall–Kier alpha value is -0.980. The van der Waals surface area contributed by atoms with Gasteiger partial charge in [0.25, 0.3) is 0 Å². The van der Waals surface area contributed by atoms with Gasteiger partial charge < -0.3 is 10.2 Å². The molecule has 100 valence electrons. The highest BCUT2D eigenvalue weighted by atomic mass is 32.2. The van der Waals surface area contributed by atoms with Crippen LogP contribution in [0.4, 0.5) is 8.78 Å². The third-order valence-corrected chi connectivity index (χ3v) is 3.23. The van der Waals surface area contributed by atoms with E-state index < -0.39 is 29.4 Å². The van der Waals surface area contributed by atoms with Gasteiger partial charge in [-0.05, 0) is 18.6 Å². The van der Waals surface area contributed by atoms with Crippen LogP contribution in [0.25, 0.3) is 0 Å². The number of aliphatic hydroxyl groups excluding tert-OH is 2. The molecule has 2 atom stereocenters. The first-order chi connectivity index (χ1) is 8.43. The van der Waals surface area contributed by atoms with Crippen LogP contribution in [-0.2, 0) is 4.79 Å². The predicted octanol–water partition coefficient (Wildman–Crippen LogP) is 2.03. The molecule has 3 nitrogen and oxygen atoms in total. The number of hydrogen-bond acceptors (Lipinski definition) is 4. The molecule has 0 bridgehead atoms. The Morgan fingerprint density at radius 1 is 1.33 bits per heavy atom. The maximum absolute atomic E-state index is 13.3. The van der Waals surface area contributed by atoms with Gasteiger partial charge in [-0.15, -0.1) is 0 Å². The lowest BCUT2D eigenvalue weighted by atomic mass is 10.0. The van der Waals surface area contributed by atoms with Crippen molar-refractivity contribution in [2.24, 2.45) is 0 Å². The fourth-order valence-electron chi connectivity index (χ4n) is 1.47. The fourth-order valence-corrected chi connectivity index (χ4v) is 2.11. The van der Waals surface area contributed by atoms with Crippen LogP contribution in [0.5, 0.6) is 0 Å². The van der Waals surface area contributed by atoms with Crippen molar-refractivity contribution in [1.82, 2.24) is 0 Å². The number of halogens is 2. The van der Waals surface area contributed by atoms with Crippen molar-refractivity contribution in [2.45, 2.75) is 25.6 Å². The summed E-state index contributed by atoms with van der Waals surface area (Å²) in [4.78, 5) is 10.7. The van der Waals surface area contributed by atoms with Crippen molar-refractivity contribution in [3.8, 4) is 0 Å². The average Bonchev–Trinajstić information content (AvgIpc) is 2.27. The van der Waals surface area contributed by atoms with Gasteiger partial charge in [-0.3, -0.25) is 4.79 Å². The summed E-state index contributed by atoms with van der Waals surface area (Å²) in [6.45, 7) is 1.38. The van der Waals surface area contributed by atoms with Gasteiger partial charge in [-0.2, -0.15) is 0 Å². The molecular weight excluding hydrogens is 262 g/mol. The second kappa shape index (κ2) is 6.82. The Balaban J connectivity index is 2.68. The zero-order chi connectivity index (χ0) is 13.7. The number of rotatable bonds is 5. The SMILES string of the molecule is CC(=O)SCCC(O)C(O)c1c(F)cccc1F. The maximum Gasteiger partial charge on any atom is 0.185 e. The second-order valence-corrected chi connectivity index (χ2v) is 5.05. The third kappa shape index (κ3) is 4.04. The van der Waals surface area contributed by atoms with E-state index in [1.807, 2.05) is 0 Å². The molecule has 1 rings (SSSR count). The number of hydrogen-bond donors (Lipinski definition) is 2. The Bertz CT molecular complexity index is 406. The smallest absolute Gasteiger partial charge is 0.185 e. The van der Waals surface area contributed by atoms with E-state index in [2.05, 4.69) is 0 Å². The number of thioether (sulfide) groups is 1. The summed E-state index contributed by atoms with van der Waals surface area (Å²) < 4.78 is 26.7. The van der Waals surface area contributed by atoms with Crippen LogP contribution in [0.2, 0.25) is 0 Å². The van der Waals surface area contributed by atoms with Crippen molar-refractivity contribution in [2.75, 3.05) is 5.75 Å². The van der Waals surface area contributed by atoms with Crippen LogP contribution >= 0.6 is 11.8 Å². The third-order valence-electron chi connectivity index (χ3n) is 2.38. The van der Waals surface area contributed by atoms with Crippen LogP contribution in [-0.4, -0.2) is 27.2 Å². The minimum atomic E-state index is -1.64. The van der Waals surface area contributed by atoms with Crippen LogP contribution in [0, 0.1) is 11.6 Å². The van der Waals surface area contributed by atoms with Crippen molar-refractivity contribution < 1.29 is 23.8 Å². The first-order valence-corrected chi connectivity index (χ1v) is 6.35. The topological polar surface area (TPSA) is 57.5 Å². The van der Waals surface area contributed by atoms with Gasteiger partial charge in [0, 0.05) is 12.7 Å². The first kappa shape index (κ1) is 15.1. The Morgan fingerprint density at radius 2 is 1.89 bits per heavy atom. The molecule has 1 aromatic rings. The Labute approximate surface area is 108 Å². The fraction of sp³-hybridized carbons (Fsp3) is 0.417. The summed E-state index contributed by atoms with van der Waals surface area (Å²) in [5.74, 6) is -1.52. The zero-order valence-corrected chi connectivity index (χ0v) is 10.6. The van der Waals surface area contributed by atoms with Crippen LogP contribution in [0.15, 0.2) is 18.2 Å². The molecule has 2 N–H and O–H groups in total. The van der Waals surface area contributed by atoms with Crippen LogP contribution in [0.1, 0.15) is 25.0 Å². The van der Waals surface area contributed by atoms with Gasteiger partial charge in [0.1, 0.15) is 17.7 Å². The molecule has 0 fully saturated rings. The van der Waals surface area contributed by atoms with Crippen molar-refractivity contribution >= 4 is 16.9 Å². The summed E-state index contributed by atoms with van der Waals surface area (Å²) in [5, 5.41) is 19.2. The van der Waals surface area contributed by atoms with Gasteiger partial charge in [-0.25, -0.2) is 8.78 Å². The van der Waals surface area contributed by atoms with Gasteiger partial charge in [0.2, 0.25) is 0 Å². The lowest BCUT2D eigenvalue weighted by molar-refractivity contribution is -0.109. The number of aliphatic hydroxyl groups is 2. The molecule has 0 spiro atoms. The van der Waals surface area contributed by atoms with E-state index in [0.717, 1.165) is 23.9 Å². The molecular formula is C12H14F2O3S. The molecule has 0 saturated heterocycles. The Kier molecular flexibility index (Phi) is 5.71. The van der Waals surface area contributed by atoms with Crippen molar-refractivity contribution in [3.05, 3.63) is 35.4 Å². The van der Waals surface area contributed by atoms with E-state index in [-0.39, 0.29) is 17.3 Å². The number of carbonyl (C=O) groups is 1. The quantitative estimate of drug-likeness (QED) is 0.864. The Morgan fingerprint density at radius 3 is 2.39 bits per heavy atom. The lowest BCUT2D eigenvalue weighted by Crippen LogP contribution is -2.21. The van der Waals surface area contributed by atoms with Crippen LogP contribution < -0.4 is 0 Å². The summed E-state index contributed by atoms with van der Waals surface area (Å²) in [6.07, 6.45) is -2.89. The van der Waals surface area contributed by atoms with E-state index in [1.54, 1.807) is 0 Å². The maximum atomic E-state index is 13.3. The first-order valence-electron chi connectivity index (χ1n) is 5.37. The average molecular weight is 276 g/mol. The molecule has 0 saturated carbocycles. The summed E-state index contributed by atoms with van der Waals surface area (Å²) in [7, 11) is 0. The standard InChI is InChI=1S/C12H14F2O3S/c1-7(15)18-6-5-10(16)12(17)11-8(13)3-2-4-9(11)14/h2-4,10,12,16-17H,5-6H2,1H3. The second-order valence-electron chi connectivity index (χ2n) is 3.78. The normalized spacial score (nSPS) is 14.3. The molecule has 2 unspecified atom stereocenters. The summed E-state index contributed by atoms with van der Waals surface area (Å²) in [5.41, 5.74) is -0.544. The zero-order valence-electron chi connectivity index (χ0n) is 9.77. The number of carbonyl (C=O) groups excluding carboxylic acids is 1. The molecule has 0 aliphatic rings. The molecule has 0 aromatic heterocycles. The van der Waals surface area contributed by atoms with E-state index >= 15 is 0 Å². The highest BCUT2D eigenvalue weighted by molar-refractivity contribution is 8.13. The van der Waals surface area contributed by atoms with E-state index in [1.165, 1.54) is 13.0 Å². The molecule has 6 heteroatoms. The lowest BCUT2D eigenvalue weighted by Gasteiger charge is -2.18. The van der Waals surface area contributed by atoms with Gasteiger partial charge in [-0.1, -0.05) is 17.8 Å². The molecule has 0 amide bonds. The highest BCUT2D eigenvalue weighted by Gasteiger charge is 2.24. The van der Waals surface area contributed by atoms with E-state index in [9.17, 15) is 23.8 Å². The molecule has 18 heavy (non-hydrogen) atoms. The van der Waals surface area contributed by atoms with E-state index in [0.29, 0.717) is 0 Å². The summed E-state index contributed by atoms with van der Waals surface area (Å²) >= 11 is 0.983. The molecule has 0 radical (unpaired) electrons. The molecule has 0 heterocycles. The van der Waals surface area contributed by atoms with Gasteiger partial charge in [0.15, 0.2) is 5.12 Å². The van der Waals surface area contributed by atoms with Crippen LogP contribution in [0.3, 0.4) is 0 Å². The molecule has 0 aliphatic carbocycles. The minimum absolute atomic E-state index is 0.0686. The van der Waals surface area contributed by atoms with E-state index in [4.69, 9.17) is 0 Å². The summed E-state index contributed by atoms with van der Waals surface area (Å²) in [6, 6.07) is 3.20. The highest BCUT2D eigenvalue weighted by Crippen LogP contribution is 2.25.